The Kier molecular flexibility index (Phi) is 4.07. The number of rotatable bonds is 2. The minimum atomic E-state index is -0.165. The van der Waals surface area contributed by atoms with Gasteiger partial charge in [-0.3, -0.25) is 9.78 Å². The smallest absolute Gasteiger partial charge is 0.267 e. The molecule has 3 N–H and O–H groups in total. The second kappa shape index (κ2) is 5.96. The molecule has 1 aromatic heterocycles. The van der Waals surface area contributed by atoms with Crippen molar-refractivity contribution >= 4 is 22.9 Å². The topological polar surface area (TPSA) is 68.0 Å². The summed E-state index contributed by atoms with van der Waals surface area (Å²) < 4.78 is 0. The van der Waals surface area contributed by atoms with Crippen LogP contribution in [-0.4, -0.2) is 17.4 Å². The van der Waals surface area contributed by atoms with Crippen molar-refractivity contribution in [2.24, 2.45) is 5.73 Å². The number of nitrogens with zero attached hydrogens (tertiary/aromatic N) is 1. The SMILES string of the molecule is NCC#Cc1cccc(NC(=O)c2cncs2)c1. The number of benzene rings is 1. The Bertz CT molecular complexity index is 596. The van der Waals surface area contributed by atoms with Gasteiger partial charge < -0.3 is 11.1 Å². The number of hydrogen-bond donors (Lipinski definition) is 2. The lowest BCUT2D eigenvalue weighted by atomic mass is 10.2. The zero-order valence-corrected chi connectivity index (χ0v) is 10.3. The molecule has 1 amide bonds. The van der Waals surface area contributed by atoms with Crippen LogP contribution in [0.2, 0.25) is 0 Å². The van der Waals surface area contributed by atoms with Crippen molar-refractivity contribution in [2.45, 2.75) is 0 Å². The van der Waals surface area contributed by atoms with Gasteiger partial charge in [0.15, 0.2) is 0 Å². The highest BCUT2D eigenvalue weighted by atomic mass is 32.1. The molecule has 0 bridgehead atoms. The first-order chi connectivity index (χ1) is 8.79. The van der Waals surface area contributed by atoms with Crippen molar-refractivity contribution in [3.8, 4) is 11.8 Å². The van der Waals surface area contributed by atoms with Crippen LogP contribution in [-0.2, 0) is 0 Å². The lowest BCUT2D eigenvalue weighted by Crippen LogP contribution is -2.10. The molecule has 0 spiro atoms. The third kappa shape index (κ3) is 3.17. The Labute approximate surface area is 109 Å². The van der Waals surface area contributed by atoms with Gasteiger partial charge in [0.2, 0.25) is 0 Å². The Morgan fingerprint density at radius 3 is 3.11 bits per heavy atom. The molecule has 0 fully saturated rings. The molecule has 90 valence electrons. The molecule has 0 unspecified atom stereocenters. The van der Waals surface area contributed by atoms with Crippen molar-refractivity contribution < 1.29 is 4.79 Å². The van der Waals surface area contributed by atoms with E-state index in [0.717, 1.165) is 5.56 Å². The second-order valence-electron chi connectivity index (χ2n) is 3.41. The molecule has 0 aliphatic rings. The van der Waals surface area contributed by atoms with Crippen LogP contribution in [0.5, 0.6) is 0 Å². The van der Waals surface area contributed by atoms with Crippen molar-refractivity contribution in [3.63, 3.8) is 0 Å². The van der Waals surface area contributed by atoms with E-state index in [1.54, 1.807) is 5.51 Å². The molecule has 4 nitrogen and oxygen atoms in total. The molecule has 0 aliphatic heterocycles. The van der Waals surface area contributed by atoms with Crippen LogP contribution < -0.4 is 11.1 Å². The molecule has 18 heavy (non-hydrogen) atoms. The van der Waals surface area contributed by atoms with E-state index in [2.05, 4.69) is 22.1 Å². The molecule has 5 heteroatoms. The van der Waals surface area contributed by atoms with Crippen LogP contribution in [0, 0.1) is 11.8 Å². The average Bonchev–Trinajstić information content (AvgIpc) is 2.91. The molecule has 2 aromatic rings. The van der Waals surface area contributed by atoms with E-state index in [4.69, 9.17) is 5.73 Å². The lowest BCUT2D eigenvalue weighted by Gasteiger charge is -2.03. The fourth-order valence-electron chi connectivity index (χ4n) is 1.35. The van der Waals surface area contributed by atoms with Gasteiger partial charge in [-0.15, -0.1) is 11.3 Å². The predicted octanol–water partition coefficient (Wildman–Crippen LogP) is 1.71. The van der Waals surface area contributed by atoms with Gasteiger partial charge in [-0.05, 0) is 18.2 Å². The van der Waals surface area contributed by atoms with Crippen LogP contribution in [0.4, 0.5) is 5.69 Å². The molecule has 0 saturated heterocycles. The summed E-state index contributed by atoms with van der Waals surface area (Å²) in [4.78, 5) is 16.2. The summed E-state index contributed by atoms with van der Waals surface area (Å²) in [7, 11) is 0. The van der Waals surface area contributed by atoms with E-state index in [1.807, 2.05) is 24.3 Å². The Morgan fingerprint density at radius 1 is 1.50 bits per heavy atom. The number of amides is 1. The van der Waals surface area contributed by atoms with E-state index < -0.39 is 0 Å². The maximum absolute atomic E-state index is 11.8. The van der Waals surface area contributed by atoms with Crippen molar-refractivity contribution in [1.82, 2.24) is 4.98 Å². The van der Waals surface area contributed by atoms with Gasteiger partial charge in [0, 0.05) is 11.3 Å². The first kappa shape index (κ1) is 12.3. The van der Waals surface area contributed by atoms with Crippen LogP contribution >= 0.6 is 11.3 Å². The maximum Gasteiger partial charge on any atom is 0.267 e. The Hall–Kier alpha value is -2.16. The zero-order chi connectivity index (χ0) is 12.8. The van der Waals surface area contributed by atoms with Gasteiger partial charge in [0.05, 0.1) is 18.3 Å². The minimum Gasteiger partial charge on any atom is -0.321 e. The maximum atomic E-state index is 11.8. The Morgan fingerprint density at radius 2 is 2.39 bits per heavy atom. The van der Waals surface area contributed by atoms with E-state index in [-0.39, 0.29) is 5.91 Å². The van der Waals surface area contributed by atoms with Gasteiger partial charge in [0.1, 0.15) is 4.88 Å². The molecule has 1 heterocycles. The number of nitrogens with one attached hydrogen (secondary N) is 1. The molecular weight excluding hydrogens is 246 g/mol. The standard InChI is InChI=1S/C13H11N3OS/c14-6-2-4-10-3-1-5-11(7-10)16-13(17)12-8-15-9-18-12/h1,3,5,7-9H,6,14H2,(H,16,17). The average molecular weight is 257 g/mol. The summed E-state index contributed by atoms with van der Waals surface area (Å²) in [5.74, 6) is 5.52. The summed E-state index contributed by atoms with van der Waals surface area (Å²) in [6.45, 7) is 0.317. The minimum absolute atomic E-state index is 0.165. The van der Waals surface area contributed by atoms with Crippen LogP contribution in [0.15, 0.2) is 36.0 Å². The first-order valence-corrected chi connectivity index (χ1v) is 6.16. The molecule has 2 rings (SSSR count). The van der Waals surface area contributed by atoms with Crippen LogP contribution in [0.25, 0.3) is 0 Å². The first-order valence-electron chi connectivity index (χ1n) is 5.28. The Balaban J connectivity index is 2.12. The number of carbonyl (C=O) groups is 1. The summed E-state index contributed by atoms with van der Waals surface area (Å²) in [5, 5.41) is 2.79. The number of aromatic nitrogens is 1. The quantitative estimate of drug-likeness (QED) is 0.805. The highest BCUT2D eigenvalue weighted by Gasteiger charge is 2.07. The summed E-state index contributed by atoms with van der Waals surface area (Å²) >= 11 is 1.30. The van der Waals surface area contributed by atoms with Gasteiger partial charge in [-0.2, -0.15) is 0 Å². The van der Waals surface area contributed by atoms with E-state index in [9.17, 15) is 4.79 Å². The van der Waals surface area contributed by atoms with E-state index in [1.165, 1.54) is 17.5 Å². The molecular formula is C13H11N3OS. The van der Waals surface area contributed by atoms with Crippen molar-refractivity contribution in [3.05, 3.63) is 46.4 Å². The largest absolute Gasteiger partial charge is 0.321 e. The van der Waals surface area contributed by atoms with E-state index in [0.29, 0.717) is 17.1 Å². The van der Waals surface area contributed by atoms with Gasteiger partial charge in [0.25, 0.3) is 5.91 Å². The monoisotopic (exact) mass is 257 g/mol. The van der Waals surface area contributed by atoms with E-state index >= 15 is 0 Å². The molecule has 0 radical (unpaired) electrons. The lowest BCUT2D eigenvalue weighted by molar-refractivity contribution is 0.103. The normalized spacial score (nSPS) is 9.39. The summed E-state index contributed by atoms with van der Waals surface area (Å²) in [6, 6.07) is 7.32. The number of carbonyl (C=O) groups excluding carboxylic acids is 1. The van der Waals surface area contributed by atoms with Gasteiger partial charge in [-0.1, -0.05) is 17.9 Å². The van der Waals surface area contributed by atoms with Crippen LogP contribution in [0.3, 0.4) is 0 Å². The molecule has 0 saturated carbocycles. The third-order valence-electron chi connectivity index (χ3n) is 2.11. The van der Waals surface area contributed by atoms with Crippen LogP contribution in [0.1, 0.15) is 15.2 Å². The summed E-state index contributed by atoms with van der Waals surface area (Å²) in [6.07, 6.45) is 1.54. The number of thiazole rings is 1. The second-order valence-corrected chi connectivity index (χ2v) is 4.29. The summed E-state index contributed by atoms with van der Waals surface area (Å²) in [5.41, 5.74) is 8.46. The number of anilines is 1. The van der Waals surface area contributed by atoms with Gasteiger partial charge in [-0.25, -0.2) is 0 Å². The number of nitrogens with two attached hydrogens (primary N) is 1. The highest BCUT2D eigenvalue weighted by Crippen LogP contribution is 2.13. The van der Waals surface area contributed by atoms with Crippen molar-refractivity contribution in [2.75, 3.05) is 11.9 Å². The third-order valence-corrected chi connectivity index (χ3v) is 2.88. The highest BCUT2D eigenvalue weighted by molar-refractivity contribution is 7.11. The predicted molar refractivity (Wildman–Crippen MR) is 72.4 cm³/mol. The van der Waals surface area contributed by atoms with Crippen molar-refractivity contribution in [1.29, 1.82) is 0 Å². The number of hydrogen-bond acceptors (Lipinski definition) is 4. The molecule has 1 aromatic carbocycles. The van der Waals surface area contributed by atoms with Gasteiger partial charge >= 0.3 is 0 Å². The molecule has 0 aliphatic carbocycles. The molecule has 0 atom stereocenters. The fourth-order valence-corrected chi connectivity index (χ4v) is 1.86. The zero-order valence-electron chi connectivity index (χ0n) is 9.51. The fraction of sp³-hybridized carbons (Fsp3) is 0.0769.